The van der Waals surface area contributed by atoms with E-state index in [4.69, 9.17) is 9.47 Å². The molecule has 0 radical (unpaired) electrons. The average Bonchev–Trinajstić information content (AvgIpc) is 3.28. The first-order chi connectivity index (χ1) is 14.3. The molecule has 1 heterocycles. The molecule has 2 aromatic carbocycles. The van der Waals surface area contributed by atoms with Gasteiger partial charge in [0.15, 0.2) is 0 Å². The Morgan fingerprint density at radius 3 is 2.50 bits per heavy atom. The number of aryl methyl sites for hydroxylation is 2. The van der Waals surface area contributed by atoms with Crippen molar-refractivity contribution >= 4 is 15.9 Å². The number of methoxy groups -OCH3 is 1. The Morgan fingerprint density at radius 2 is 1.80 bits per heavy atom. The number of hydrogen-bond acceptors (Lipinski definition) is 5. The summed E-state index contributed by atoms with van der Waals surface area (Å²) < 4.78 is 38.1. The van der Waals surface area contributed by atoms with Gasteiger partial charge in [-0.05, 0) is 62.1 Å². The largest absolute Gasteiger partial charge is 0.496 e. The summed E-state index contributed by atoms with van der Waals surface area (Å²) >= 11 is 0. The van der Waals surface area contributed by atoms with E-state index in [1.165, 1.54) is 29.6 Å². The summed E-state index contributed by atoms with van der Waals surface area (Å²) in [6, 6.07) is 10.3. The molecule has 1 aliphatic heterocycles. The van der Waals surface area contributed by atoms with Gasteiger partial charge >= 0.3 is 0 Å². The summed E-state index contributed by atoms with van der Waals surface area (Å²) in [4.78, 5) is 12.8. The Balaban J connectivity index is 1.67. The monoisotopic (exact) mass is 432 g/mol. The van der Waals surface area contributed by atoms with Crippen LogP contribution in [-0.2, 0) is 10.0 Å². The van der Waals surface area contributed by atoms with Crippen molar-refractivity contribution in [2.24, 2.45) is 0 Å². The van der Waals surface area contributed by atoms with Gasteiger partial charge in [0.25, 0.3) is 5.91 Å². The molecule has 2 aromatic rings. The lowest BCUT2D eigenvalue weighted by atomic mass is 10.1. The molecule has 1 amide bonds. The second-order valence-electron chi connectivity index (χ2n) is 7.35. The third-order valence-corrected chi connectivity index (χ3v) is 7.00. The van der Waals surface area contributed by atoms with Gasteiger partial charge in [0.05, 0.1) is 24.1 Å². The molecule has 1 aliphatic rings. The van der Waals surface area contributed by atoms with E-state index in [2.05, 4.69) is 5.32 Å². The molecule has 7 nitrogen and oxygen atoms in total. The predicted molar refractivity (Wildman–Crippen MR) is 115 cm³/mol. The van der Waals surface area contributed by atoms with Crippen LogP contribution in [0.25, 0.3) is 0 Å². The van der Waals surface area contributed by atoms with Crippen molar-refractivity contribution in [1.82, 2.24) is 9.62 Å². The highest BCUT2D eigenvalue weighted by Crippen LogP contribution is 2.26. The summed E-state index contributed by atoms with van der Waals surface area (Å²) in [7, 11) is -2.17. The molecule has 1 N–H and O–H groups in total. The van der Waals surface area contributed by atoms with E-state index in [1.54, 1.807) is 0 Å². The van der Waals surface area contributed by atoms with Crippen molar-refractivity contribution in [1.29, 1.82) is 0 Å². The summed E-state index contributed by atoms with van der Waals surface area (Å²) in [5.74, 6) is 0.693. The first-order valence-electron chi connectivity index (χ1n) is 9.99. The molecule has 1 fully saturated rings. The maximum Gasteiger partial charge on any atom is 0.255 e. The molecule has 162 valence electrons. The first-order valence-corrected chi connectivity index (χ1v) is 11.4. The van der Waals surface area contributed by atoms with Crippen LogP contribution in [0.3, 0.4) is 0 Å². The summed E-state index contributed by atoms with van der Waals surface area (Å²) in [5.41, 5.74) is 2.30. The standard InChI is InChI=1S/C22H28N2O5S/c1-16-6-7-17(2)21(14-16)29-13-10-23-22(25)19-15-18(8-9-20(19)28-3)30(26,27)24-11-4-5-12-24/h6-9,14-15H,4-5,10-13H2,1-3H3,(H,23,25). The molecular formula is C22H28N2O5S. The van der Waals surface area contributed by atoms with E-state index in [0.29, 0.717) is 25.4 Å². The van der Waals surface area contributed by atoms with Gasteiger partial charge in [0, 0.05) is 13.1 Å². The van der Waals surface area contributed by atoms with E-state index >= 15 is 0 Å². The Labute approximate surface area is 178 Å². The fourth-order valence-electron chi connectivity index (χ4n) is 3.39. The van der Waals surface area contributed by atoms with Crippen molar-refractivity contribution in [3.8, 4) is 11.5 Å². The molecule has 0 spiro atoms. The fourth-order valence-corrected chi connectivity index (χ4v) is 4.93. The van der Waals surface area contributed by atoms with Crippen LogP contribution in [-0.4, -0.2) is 52.0 Å². The van der Waals surface area contributed by atoms with Gasteiger partial charge < -0.3 is 14.8 Å². The van der Waals surface area contributed by atoms with E-state index in [0.717, 1.165) is 29.7 Å². The molecule has 0 bridgehead atoms. The summed E-state index contributed by atoms with van der Waals surface area (Å²) in [5, 5.41) is 2.77. The third-order valence-electron chi connectivity index (χ3n) is 5.11. The van der Waals surface area contributed by atoms with Crippen LogP contribution < -0.4 is 14.8 Å². The molecular weight excluding hydrogens is 404 g/mol. The zero-order chi connectivity index (χ0) is 21.7. The number of amides is 1. The fraction of sp³-hybridized carbons (Fsp3) is 0.409. The number of nitrogens with zero attached hydrogens (tertiary/aromatic N) is 1. The highest BCUT2D eigenvalue weighted by molar-refractivity contribution is 7.89. The Bertz CT molecular complexity index is 1010. The third kappa shape index (κ3) is 4.94. The number of ether oxygens (including phenoxy) is 2. The van der Waals surface area contributed by atoms with Crippen molar-refractivity contribution in [2.45, 2.75) is 31.6 Å². The molecule has 0 aliphatic carbocycles. The summed E-state index contributed by atoms with van der Waals surface area (Å²) in [6.45, 7) is 5.54. The number of hydrogen-bond donors (Lipinski definition) is 1. The number of sulfonamides is 1. The average molecular weight is 433 g/mol. The Morgan fingerprint density at radius 1 is 1.07 bits per heavy atom. The van der Waals surface area contributed by atoms with E-state index < -0.39 is 15.9 Å². The van der Waals surface area contributed by atoms with Crippen molar-refractivity contribution < 1.29 is 22.7 Å². The van der Waals surface area contributed by atoms with Gasteiger partial charge in [-0.2, -0.15) is 4.31 Å². The van der Waals surface area contributed by atoms with Crippen molar-refractivity contribution in [2.75, 3.05) is 33.4 Å². The van der Waals surface area contributed by atoms with Crippen LogP contribution in [0.4, 0.5) is 0 Å². The lowest BCUT2D eigenvalue weighted by molar-refractivity contribution is 0.0943. The summed E-state index contributed by atoms with van der Waals surface area (Å²) in [6.07, 6.45) is 1.70. The van der Waals surface area contributed by atoms with Gasteiger partial charge in [0.2, 0.25) is 10.0 Å². The Hall–Kier alpha value is -2.58. The van der Waals surface area contributed by atoms with E-state index in [1.807, 2.05) is 32.0 Å². The van der Waals surface area contributed by atoms with Gasteiger partial charge in [0.1, 0.15) is 18.1 Å². The van der Waals surface area contributed by atoms with Gasteiger partial charge in [-0.3, -0.25) is 4.79 Å². The molecule has 0 unspecified atom stereocenters. The molecule has 0 aromatic heterocycles. The zero-order valence-corrected chi connectivity index (χ0v) is 18.4. The molecule has 3 rings (SSSR count). The highest BCUT2D eigenvalue weighted by Gasteiger charge is 2.28. The van der Waals surface area contributed by atoms with Crippen LogP contribution in [0.1, 0.15) is 34.3 Å². The van der Waals surface area contributed by atoms with Crippen LogP contribution in [0.15, 0.2) is 41.3 Å². The second kappa shape index (κ2) is 9.49. The molecule has 0 atom stereocenters. The number of nitrogens with one attached hydrogen (secondary N) is 1. The van der Waals surface area contributed by atoms with Crippen LogP contribution in [0.2, 0.25) is 0 Å². The smallest absolute Gasteiger partial charge is 0.255 e. The SMILES string of the molecule is COc1ccc(S(=O)(=O)N2CCCC2)cc1C(=O)NCCOc1cc(C)ccc1C. The van der Waals surface area contributed by atoms with Gasteiger partial charge in [-0.25, -0.2) is 8.42 Å². The molecule has 1 saturated heterocycles. The minimum Gasteiger partial charge on any atom is -0.496 e. The zero-order valence-electron chi connectivity index (χ0n) is 17.6. The van der Waals surface area contributed by atoms with Gasteiger partial charge in [-0.1, -0.05) is 12.1 Å². The maximum atomic E-state index is 12.8. The maximum absolute atomic E-state index is 12.8. The van der Waals surface area contributed by atoms with E-state index in [-0.39, 0.29) is 17.0 Å². The normalized spacial score (nSPS) is 14.5. The highest BCUT2D eigenvalue weighted by atomic mass is 32.2. The van der Waals surface area contributed by atoms with Crippen LogP contribution >= 0.6 is 0 Å². The van der Waals surface area contributed by atoms with Crippen LogP contribution in [0.5, 0.6) is 11.5 Å². The Kier molecular flexibility index (Phi) is 6.99. The molecule has 8 heteroatoms. The molecule has 0 saturated carbocycles. The van der Waals surface area contributed by atoms with Crippen molar-refractivity contribution in [3.63, 3.8) is 0 Å². The number of rotatable bonds is 8. The first kappa shape index (κ1) is 22.1. The predicted octanol–water partition coefficient (Wildman–Crippen LogP) is 2.91. The quantitative estimate of drug-likeness (QED) is 0.649. The van der Waals surface area contributed by atoms with Crippen molar-refractivity contribution in [3.05, 3.63) is 53.1 Å². The van der Waals surface area contributed by atoms with Gasteiger partial charge in [-0.15, -0.1) is 0 Å². The minimum atomic E-state index is -3.62. The number of benzene rings is 2. The number of carbonyl (C=O) groups is 1. The van der Waals surface area contributed by atoms with Crippen LogP contribution in [0, 0.1) is 13.8 Å². The second-order valence-corrected chi connectivity index (χ2v) is 9.28. The topological polar surface area (TPSA) is 84.9 Å². The lowest BCUT2D eigenvalue weighted by Gasteiger charge is -2.17. The molecule has 30 heavy (non-hydrogen) atoms. The number of carbonyl (C=O) groups excluding carboxylic acids is 1. The van der Waals surface area contributed by atoms with E-state index in [9.17, 15) is 13.2 Å². The lowest BCUT2D eigenvalue weighted by Crippen LogP contribution is -2.30. The minimum absolute atomic E-state index is 0.0991.